The van der Waals surface area contributed by atoms with Gasteiger partial charge < -0.3 is 16.2 Å². The van der Waals surface area contributed by atoms with E-state index in [1.165, 1.54) is 11.3 Å². The van der Waals surface area contributed by atoms with Crippen molar-refractivity contribution < 1.29 is 9.90 Å². The summed E-state index contributed by atoms with van der Waals surface area (Å²) in [5.74, 6) is 0.0158. The summed E-state index contributed by atoms with van der Waals surface area (Å²) < 4.78 is 0. The van der Waals surface area contributed by atoms with Gasteiger partial charge in [0.25, 0.3) is 0 Å². The summed E-state index contributed by atoms with van der Waals surface area (Å²) in [4.78, 5) is 26.5. The normalized spacial score (nSPS) is 22.1. The van der Waals surface area contributed by atoms with E-state index in [0.717, 1.165) is 27.4 Å². The summed E-state index contributed by atoms with van der Waals surface area (Å²) >= 11 is 1.49. The Kier molecular flexibility index (Phi) is 6.49. The minimum atomic E-state index is -1.06. The molecular formula is C27H35N5O2S. The van der Waals surface area contributed by atoms with Crippen LogP contribution in [0.1, 0.15) is 70.1 Å². The molecule has 7 nitrogen and oxygen atoms in total. The van der Waals surface area contributed by atoms with Gasteiger partial charge in [-0.25, -0.2) is 15.0 Å². The van der Waals surface area contributed by atoms with Gasteiger partial charge in [-0.15, -0.1) is 11.3 Å². The lowest BCUT2D eigenvalue weighted by Crippen LogP contribution is -2.46. The molecule has 2 heterocycles. The van der Waals surface area contributed by atoms with Crippen LogP contribution in [-0.4, -0.2) is 26.0 Å². The second-order valence-electron chi connectivity index (χ2n) is 11.4. The standard InChI is InChI=1S/C27H35N5O2S/c1-16-11-17(13-18(12-16)31-24-29-10-8-21(32-24)25(2,3)4)20-14-30-23(35-20)27(34)9-7-19(22(28)33)26(5,6)15-27/h8,10-14,19,34H,7,9,15H2,1-6H3,(H2,28,33)(H,29,31,32)/t19-,27-/m1/s1. The zero-order valence-electron chi connectivity index (χ0n) is 21.3. The van der Waals surface area contributed by atoms with Gasteiger partial charge in [0.05, 0.1) is 10.6 Å². The summed E-state index contributed by atoms with van der Waals surface area (Å²) in [6.45, 7) is 12.4. The van der Waals surface area contributed by atoms with Gasteiger partial charge in [0.1, 0.15) is 10.6 Å². The second kappa shape index (κ2) is 8.99. The smallest absolute Gasteiger partial charge is 0.227 e. The first-order valence-electron chi connectivity index (χ1n) is 12.0. The van der Waals surface area contributed by atoms with Crippen molar-refractivity contribution in [1.82, 2.24) is 15.0 Å². The number of thiazole rings is 1. The van der Waals surface area contributed by atoms with Crippen LogP contribution in [0.25, 0.3) is 10.4 Å². The van der Waals surface area contributed by atoms with Gasteiger partial charge in [-0.05, 0) is 60.9 Å². The number of nitrogens with one attached hydrogen (secondary N) is 1. The Morgan fingerprint density at radius 2 is 1.97 bits per heavy atom. The highest BCUT2D eigenvalue weighted by atomic mass is 32.1. The van der Waals surface area contributed by atoms with Crippen LogP contribution in [0.5, 0.6) is 0 Å². The van der Waals surface area contributed by atoms with E-state index >= 15 is 0 Å². The Morgan fingerprint density at radius 1 is 1.23 bits per heavy atom. The average Bonchev–Trinajstić information content (AvgIpc) is 3.23. The van der Waals surface area contributed by atoms with Crippen molar-refractivity contribution in [2.45, 2.75) is 71.8 Å². The molecule has 1 aromatic carbocycles. The number of primary amides is 1. The molecule has 2 aromatic heterocycles. The maximum absolute atomic E-state index is 11.9. The van der Waals surface area contributed by atoms with Crippen molar-refractivity contribution in [3.8, 4) is 10.4 Å². The van der Waals surface area contributed by atoms with Gasteiger partial charge in [-0.2, -0.15) is 0 Å². The zero-order chi connectivity index (χ0) is 25.6. The van der Waals surface area contributed by atoms with E-state index < -0.39 is 11.0 Å². The van der Waals surface area contributed by atoms with Crippen LogP contribution in [0.2, 0.25) is 0 Å². The fraction of sp³-hybridized carbons (Fsp3) is 0.481. The van der Waals surface area contributed by atoms with Crippen LogP contribution >= 0.6 is 11.3 Å². The molecule has 1 saturated carbocycles. The van der Waals surface area contributed by atoms with Crippen molar-refractivity contribution >= 4 is 28.9 Å². The van der Waals surface area contributed by atoms with Crippen molar-refractivity contribution in [2.24, 2.45) is 17.1 Å². The van der Waals surface area contributed by atoms with E-state index in [1.807, 2.05) is 33.0 Å². The Bertz CT molecular complexity index is 1250. The molecule has 0 spiro atoms. The summed E-state index contributed by atoms with van der Waals surface area (Å²) in [6.07, 6.45) is 5.07. The third kappa shape index (κ3) is 5.38. The van der Waals surface area contributed by atoms with Crippen molar-refractivity contribution in [3.63, 3.8) is 0 Å². The summed E-state index contributed by atoms with van der Waals surface area (Å²) in [6, 6.07) is 8.15. The zero-order valence-corrected chi connectivity index (χ0v) is 22.2. The van der Waals surface area contributed by atoms with Gasteiger partial charge in [0, 0.05) is 29.4 Å². The highest BCUT2D eigenvalue weighted by Gasteiger charge is 2.48. The summed E-state index contributed by atoms with van der Waals surface area (Å²) in [5, 5.41) is 15.5. The molecule has 4 rings (SSSR count). The fourth-order valence-electron chi connectivity index (χ4n) is 5.04. The first kappa shape index (κ1) is 25.3. The topological polar surface area (TPSA) is 114 Å². The highest BCUT2D eigenvalue weighted by Crippen LogP contribution is 2.50. The molecule has 8 heteroatoms. The Hall–Kier alpha value is -2.84. The number of hydrogen-bond acceptors (Lipinski definition) is 7. The van der Waals surface area contributed by atoms with Crippen molar-refractivity contribution in [3.05, 3.63) is 52.9 Å². The Balaban J connectivity index is 1.59. The van der Waals surface area contributed by atoms with E-state index in [1.54, 1.807) is 6.20 Å². The van der Waals surface area contributed by atoms with E-state index in [2.05, 4.69) is 59.2 Å². The fourth-order valence-corrected chi connectivity index (χ4v) is 6.05. The number of aryl methyl sites for hydroxylation is 1. The number of carbonyl (C=O) groups excluding carboxylic acids is 1. The number of anilines is 2. The number of nitrogens with zero attached hydrogens (tertiary/aromatic N) is 3. The predicted molar refractivity (Wildman–Crippen MR) is 141 cm³/mol. The molecule has 186 valence electrons. The van der Waals surface area contributed by atoms with E-state index in [4.69, 9.17) is 5.73 Å². The third-order valence-corrected chi connectivity index (χ3v) is 8.07. The molecule has 1 aliphatic rings. The number of carbonyl (C=O) groups is 1. The number of benzene rings is 1. The van der Waals surface area contributed by atoms with Gasteiger partial charge in [0.2, 0.25) is 11.9 Å². The van der Waals surface area contributed by atoms with Crippen molar-refractivity contribution in [2.75, 3.05) is 5.32 Å². The first-order chi connectivity index (χ1) is 16.3. The molecule has 1 aliphatic carbocycles. The predicted octanol–water partition coefficient (Wildman–Crippen LogP) is 5.45. The molecule has 0 radical (unpaired) electrons. The Morgan fingerprint density at radius 3 is 2.63 bits per heavy atom. The molecule has 4 N–H and O–H groups in total. The maximum Gasteiger partial charge on any atom is 0.227 e. The van der Waals surface area contributed by atoms with Crippen LogP contribution in [0, 0.1) is 18.3 Å². The molecule has 0 unspecified atom stereocenters. The molecule has 1 fully saturated rings. The van der Waals surface area contributed by atoms with Gasteiger partial charge >= 0.3 is 0 Å². The minimum Gasteiger partial charge on any atom is -0.383 e. The monoisotopic (exact) mass is 493 g/mol. The minimum absolute atomic E-state index is 0.0679. The molecule has 1 amide bonds. The largest absolute Gasteiger partial charge is 0.383 e. The number of hydrogen-bond donors (Lipinski definition) is 3. The Labute approximate surface area is 211 Å². The quantitative estimate of drug-likeness (QED) is 0.435. The van der Waals surface area contributed by atoms with Crippen LogP contribution < -0.4 is 11.1 Å². The van der Waals surface area contributed by atoms with Crippen LogP contribution in [0.3, 0.4) is 0 Å². The van der Waals surface area contributed by atoms with Gasteiger partial charge in [0.15, 0.2) is 0 Å². The summed E-state index contributed by atoms with van der Waals surface area (Å²) in [7, 11) is 0. The third-order valence-electron chi connectivity index (χ3n) is 6.83. The number of aliphatic hydroxyl groups is 1. The number of rotatable bonds is 5. The lowest BCUT2D eigenvalue weighted by molar-refractivity contribution is -0.134. The molecule has 2 atom stereocenters. The van der Waals surface area contributed by atoms with Gasteiger partial charge in [-0.3, -0.25) is 4.79 Å². The molecular weight excluding hydrogens is 458 g/mol. The lowest BCUT2D eigenvalue weighted by Gasteiger charge is -2.44. The molecule has 0 aliphatic heterocycles. The second-order valence-corrected chi connectivity index (χ2v) is 12.5. The van der Waals surface area contributed by atoms with E-state index in [9.17, 15) is 9.90 Å². The first-order valence-corrected chi connectivity index (χ1v) is 12.8. The van der Waals surface area contributed by atoms with E-state index in [0.29, 0.717) is 30.2 Å². The molecule has 3 aromatic rings. The SMILES string of the molecule is Cc1cc(Nc2nccc(C(C)(C)C)n2)cc(-c2cnc([C@@]3(O)CC[C@H](C(N)=O)C(C)(C)C3)s2)c1. The number of amides is 1. The average molecular weight is 494 g/mol. The van der Waals surface area contributed by atoms with E-state index in [-0.39, 0.29) is 17.2 Å². The van der Waals surface area contributed by atoms with Crippen LogP contribution in [0.4, 0.5) is 11.6 Å². The highest BCUT2D eigenvalue weighted by molar-refractivity contribution is 7.15. The lowest BCUT2D eigenvalue weighted by atomic mass is 9.63. The maximum atomic E-state index is 11.9. The molecule has 0 saturated heterocycles. The molecule has 0 bridgehead atoms. The van der Waals surface area contributed by atoms with Gasteiger partial charge in [-0.1, -0.05) is 40.7 Å². The van der Waals surface area contributed by atoms with Crippen LogP contribution in [-0.2, 0) is 15.8 Å². The van der Waals surface area contributed by atoms with Crippen LogP contribution in [0.15, 0.2) is 36.7 Å². The number of aromatic nitrogens is 3. The molecule has 35 heavy (non-hydrogen) atoms. The number of nitrogens with two attached hydrogens (primary N) is 1. The summed E-state index contributed by atoms with van der Waals surface area (Å²) in [5.41, 5.74) is 8.05. The van der Waals surface area contributed by atoms with Crippen molar-refractivity contribution in [1.29, 1.82) is 0 Å².